The molecule has 0 saturated carbocycles. The van der Waals surface area contributed by atoms with Crippen LogP contribution < -0.4 is 9.47 Å². The zero-order chi connectivity index (χ0) is 20.5. The SMILES string of the molecule is FC(F)(F)C(COCc1cccc(Oc2ccccc2)c1)COc1ccccc1. The Kier molecular flexibility index (Phi) is 7.14. The van der Waals surface area contributed by atoms with Gasteiger partial charge in [-0.15, -0.1) is 0 Å². The first-order valence-electron chi connectivity index (χ1n) is 9.15. The van der Waals surface area contributed by atoms with Crippen molar-refractivity contribution in [2.75, 3.05) is 13.2 Å². The molecule has 0 radical (unpaired) electrons. The molecular formula is C23H21F3O3. The summed E-state index contributed by atoms with van der Waals surface area (Å²) in [5, 5.41) is 0. The van der Waals surface area contributed by atoms with E-state index in [0.717, 1.165) is 5.56 Å². The number of halogens is 3. The smallest absolute Gasteiger partial charge is 0.397 e. The van der Waals surface area contributed by atoms with Crippen molar-refractivity contribution in [1.82, 2.24) is 0 Å². The van der Waals surface area contributed by atoms with Crippen LogP contribution in [0.2, 0.25) is 0 Å². The van der Waals surface area contributed by atoms with Gasteiger partial charge in [0, 0.05) is 0 Å². The van der Waals surface area contributed by atoms with Crippen molar-refractivity contribution in [3.63, 3.8) is 0 Å². The number of hydrogen-bond donors (Lipinski definition) is 0. The molecule has 1 unspecified atom stereocenters. The van der Waals surface area contributed by atoms with E-state index in [0.29, 0.717) is 17.2 Å². The van der Waals surface area contributed by atoms with Crippen LogP contribution in [0.15, 0.2) is 84.9 Å². The molecule has 0 amide bonds. The number of hydrogen-bond acceptors (Lipinski definition) is 3. The lowest BCUT2D eigenvalue weighted by Gasteiger charge is -2.20. The first kappa shape index (κ1) is 20.7. The van der Waals surface area contributed by atoms with Crippen molar-refractivity contribution < 1.29 is 27.4 Å². The number of benzene rings is 3. The van der Waals surface area contributed by atoms with Crippen LogP contribution in [0.3, 0.4) is 0 Å². The number of ether oxygens (including phenoxy) is 3. The maximum Gasteiger partial charge on any atom is 0.397 e. The van der Waals surface area contributed by atoms with Crippen LogP contribution in [0.5, 0.6) is 17.2 Å². The summed E-state index contributed by atoms with van der Waals surface area (Å²) in [6.45, 7) is -0.936. The number of alkyl halides is 3. The van der Waals surface area contributed by atoms with Gasteiger partial charge in [-0.2, -0.15) is 13.2 Å². The molecule has 0 aliphatic carbocycles. The van der Waals surface area contributed by atoms with Gasteiger partial charge in [0.15, 0.2) is 0 Å². The molecule has 1 atom stereocenters. The molecule has 3 aromatic rings. The molecule has 0 aliphatic heterocycles. The zero-order valence-corrected chi connectivity index (χ0v) is 15.6. The van der Waals surface area contributed by atoms with E-state index in [1.807, 2.05) is 30.3 Å². The largest absolute Gasteiger partial charge is 0.493 e. The monoisotopic (exact) mass is 402 g/mol. The second-order valence-corrected chi connectivity index (χ2v) is 6.44. The molecule has 0 aliphatic rings. The van der Waals surface area contributed by atoms with Crippen molar-refractivity contribution in [3.8, 4) is 17.2 Å². The van der Waals surface area contributed by atoms with E-state index in [1.165, 1.54) is 0 Å². The van der Waals surface area contributed by atoms with Gasteiger partial charge >= 0.3 is 6.18 Å². The van der Waals surface area contributed by atoms with E-state index >= 15 is 0 Å². The Balaban J connectivity index is 1.53. The highest BCUT2D eigenvalue weighted by Crippen LogP contribution is 2.28. The molecule has 3 rings (SSSR count). The summed E-state index contributed by atoms with van der Waals surface area (Å²) in [4.78, 5) is 0. The summed E-state index contributed by atoms with van der Waals surface area (Å²) in [5.41, 5.74) is 0.725. The van der Waals surface area contributed by atoms with Crippen molar-refractivity contribution in [1.29, 1.82) is 0 Å². The minimum absolute atomic E-state index is 0.0455. The number of rotatable bonds is 9. The van der Waals surface area contributed by atoms with Gasteiger partial charge in [0.2, 0.25) is 0 Å². The van der Waals surface area contributed by atoms with E-state index in [4.69, 9.17) is 14.2 Å². The van der Waals surface area contributed by atoms with Gasteiger partial charge in [-0.3, -0.25) is 0 Å². The highest BCUT2D eigenvalue weighted by Gasteiger charge is 2.40. The van der Waals surface area contributed by atoms with Gasteiger partial charge in [0.25, 0.3) is 0 Å². The summed E-state index contributed by atoms with van der Waals surface area (Å²) >= 11 is 0. The second-order valence-electron chi connectivity index (χ2n) is 6.44. The fourth-order valence-corrected chi connectivity index (χ4v) is 2.59. The Bertz CT molecular complexity index is 867. The van der Waals surface area contributed by atoms with Crippen LogP contribution in [0.4, 0.5) is 13.2 Å². The molecule has 3 aromatic carbocycles. The molecule has 0 aromatic heterocycles. The fraction of sp³-hybridized carbons (Fsp3) is 0.217. The van der Waals surface area contributed by atoms with Crippen molar-refractivity contribution in [3.05, 3.63) is 90.5 Å². The Hall–Kier alpha value is -2.99. The van der Waals surface area contributed by atoms with Crippen LogP contribution in [0, 0.1) is 5.92 Å². The summed E-state index contributed by atoms with van der Waals surface area (Å²) in [7, 11) is 0. The van der Waals surface area contributed by atoms with E-state index in [-0.39, 0.29) is 6.61 Å². The summed E-state index contributed by atoms with van der Waals surface area (Å²) in [6, 6.07) is 24.7. The quantitative estimate of drug-likeness (QED) is 0.423. The molecule has 3 nitrogen and oxygen atoms in total. The second kappa shape index (κ2) is 9.98. The molecule has 0 N–H and O–H groups in total. The van der Waals surface area contributed by atoms with Crippen LogP contribution in [-0.2, 0) is 11.3 Å². The van der Waals surface area contributed by atoms with Crippen LogP contribution in [-0.4, -0.2) is 19.4 Å². The topological polar surface area (TPSA) is 27.7 Å². The molecule has 0 saturated heterocycles. The third-order valence-corrected chi connectivity index (χ3v) is 4.12. The summed E-state index contributed by atoms with van der Waals surface area (Å²) in [5.74, 6) is -0.0446. The van der Waals surface area contributed by atoms with Gasteiger partial charge in [-0.05, 0) is 42.0 Å². The zero-order valence-electron chi connectivity index (χ0n) is 15.6. The van der Waals surface area contributed by atoms with E-state index in [1.54, 1.807) is 54.6 Å². The predicted molar refractivity (Wildman–Crippen MR) is 104 cm³/mol. The molecule has 152 valence electrons. The predicted octanol–water partition coefficient (Wildman–Crippen LogP) is 6.25. The highest BCUT2D eigenvalue weighted by molar-refractivity contribution is 5.33. The minimum Gasteiger partial charge on any atom is -0.493 e. The van der Waals surface area contributed by atoms with Crippen LogP contribution >= 0.6 is 0 Å². The average Bonchev–Trinajstić information content (AvgIpc) is 2.71. The lowest BCUT2D eigenvalue weighted by Crippen LogP contribution is -2.32. The molecule has 0 heterocycles. The molecule has 0 spiro atoms. The Morgan fingerprint density at radius 1 is 0.690 bits per heavy atom. The first-order chi connectivity index (χ1) is 14.0. The fourth-order valence-electron chi connectivity index (χ4n) is 2.59. The number of para-hydroxylation sites is 2. The average molecular weight is 402 g/mol. The Morgan fingerprint density at radius 3 is 1.97 bits per heavy atom. The first-order valence-corrected chi connectivity index (χ1v) is 9.15. The molecule has 6 heteroatoms. The maximum atomic E-state index is 13.3. The third-order valence-electron chi connectivity index (χ3n) is 4.12. The normalized spacial score (nSPS) is 12.4. The van der Waals surface area contributed by atoms with E-state index in [2.05, 4.69) is 0 Å². The standard InChI is InChI=1S/C23H21F3O3/c24-23(25,26)19(17-28-20-9-3-1-4-10-20)16-27-15-18-8-7-13-22(14-18)29-21-11-5-2-6-12-21/h1-14,19H,15-17H2. The summed E-state index contributed by atoms with van der Waals surface area (Å²) in [6.07, 6.45) is -4.41. The van der Waals surface area contributed by atoms with Gasteiger partial charge in [0.05, 0.1) is 13.2 Å². The molecule has 29 heavy (non-hydrogen) atoms. The Morgan fingerprint density at radius 2 is 1.31 bits per heavy atom. The molecule has 0 fully saturated rings. The van der Waals surface area contributed by atoms with Crippen LogP contribution in [0.25, 0.3) is 0 Å². The molecule has 0 bridgehead atoms. The van der Waals surface area contributed by atoms with Crippen LogP contribution in [0.1, 0.15) is 5.56 Å². The van der Waals surface area contributed by atoms with Gasteiger partial charge < -0.3 is 14.2 Å². The van der Waals surface area contributed by atoms with E-state index in [9.17, 15) is 13.2 Å². The summed E-state index contributed by atoms with van der Waals surface area (Å²) < 4.78 is 56.2. The Labute approximate surface area is 167 Å². The van der Waals surface area contributed by atoms with Crippen molar-refractivity contribution in [2.45, 2.75) is 12.8 Å². The van der Waals surface area contributed by atoms with Gasteiger partial charge in [-0.25, -0.2) is 0 Å². The highest BCUT2D eigenvalue weighted by atomic mass is 19.4. The van der Waals surface area contributed by atoms with Crippen molar-refractivity contribution in [2.24, 2.45) is 5.92 Å². The molecular weight excluding hydrogens is 381 g/mol. The van der Waals surface area contributed by atoms with Gasteiger partial charge in [-0.1, -0.05) is 48.5 Å². The third kappa shape index (κ3) is 6.84. The van der Waals surface area contributed by atoms with E-state index < -0.39 is 25.3 Å². The van der Waals surface area contributed by atoms with Gasteiger partial charge in [0.1, 0.15) is 29.8 Å². The lowest BCUT2D eigenvalue weighted by molar-refractivity contribution is -0.196. The minimum atomic E-state index is -4.41. The lowest BCUT2D eigenvalue weighted by atomic mass is 10.1. The maximum absolute atomic E-state index is 13.3. The van der Waals surface area contributed by atoms with Crippen molar-refractivity contribution >= 4 is 0 Å².